The van der Waals surface area contributed by atoms with E-state index in [1.165, 1.54) is 11.1 Å². The van der Waals surface area contributed by atoms with E-state index in [-0.39, 0.29) is 5.91 Å². The minimum absolute atomic E-state index is 0.112. The molecule has 0 bridgehead atoms. The monoisotopic (exact) mass is 363 g/mol. The van der Waals surface area contributed by atoms with Gasteiger partial charge in [-0.2, -0.15) is 0 Å². The predicted octanol–water partition coefficient (Wildman–Crippen LogP) is 5.26. The van der Waals surface area contributed by atoms with Crippen LogP contribution in [0.25, 0.3) is 27.7 Å². The van der Waals surface area contributed by atoms with Crippen molar-refractivity contribution in [3.63, 3.8) is 0 Å². The van der Waals surface area contributed by atoms with Crippen molar-refractivity contribution < 1.29 is 13.9 Å². The largest absolute Gasteiger partial charge is 0.496 e. The van der Waals surface area contributed by atoms with Crippen molar-refractivity contribution in [3.05, 3.63) is 59.4 Å². The Morgan fingerprint density at radius 1 is 1.19 bits per heavy atom. The van der Waals surface area contributed by atoms with Gasteiger partial charge in [0, 0.05) is 35.2 Å². The van der Waals surface area contributed by atoms with Crippen LogP contribution in [0.5, 0.6) is 5.75 Å². The molecule has 140 valence electrons. The summed E-state index contributed by atoms with van der Waals surface area (Å²) in [6, 6.07) is 10.3. The van der Waals surface area contributed by atoms with Gasteiger partial charge >= 0.3 is 0 Å². The molecule has 0 aliphatic heterocycles. The molecule has 3 rings (SSSR count). The number of benzene rings is 2. The molecule has 3 aromatic rings. The van der Waals surface area contributed by atoms with Crippen molar-refractivity contribution in [1.29, 1.82) is 0 Å². The van der Waals surface area contributed by atoms with E-state index >= 15 is 0 Å². The van der Waals surface area contributed by atoms with Crippen LogP contribution in [0.4, 0.5) is 0 Å². The molecule has 0 atom stereocenters. The van der Waals surface area contributed by atoms with Gasteiger partial charge in [0.1, 0.15) is 11.3 Å². The second-order valence-electron chi connectivity index (χ2n) is 6.74. The van der Waals surface area contributed by atoms with Gasteiger partial charge in [0.2, 0.25) is 5.91 Å². The van der Waals surface area contributed by atoms with Gasteiger partial charge in [0.25, 0.3) is 0 Å². The van der Waals surface area contributed by atoms with E-state index < -0.39 is 0 Å². The first-order valence-corrected chi connectivity index (χ1v) is 9.08. The topological polar surface area (TPSA) is 51.5 Å². The number of fused-ring (bicyclic) bond motifs is 1. The summed E-state index contributed by atoms with van der Waals surface area (Å²) in [6.07, 6.45) is 3.39. The summed E-state index contributed by atoms with van der Waals surface area (Å²) in [5, 5.41) is 3.79. The van der Waals surface area contributed by atoms with E-state index in [1.807, 2.05) is 26.0 Å². The SMILES string of the molecule is CCNC(=O)/C=C(\C)c1cc2c(-c3ccc(C)cc3C)coc2cc1OC. The first-order chi connectivity index (χ1) is 12.9. The molecular weight excluding hydrogens is 338 g/mol. The third kappa shape index (κ3) is 3.75. The van der Waals surface area contributed by atoms with Gasteiger partial charge in [-0.25, -0.2) is 0 Å². The van der Waals surface area contributed by atoms with E-state index in [1.54, 1.807) is 19.4 Å². The van der Waals surface area contributed by atoms with Crippen LogP contribution >= 0.6 is 0 Å². The van der Waals surface area contributed by atoms with Crippen molar-refractivity contribution in [3.8, 4) is 16.9 Å². The Kier molecular flexibility index (Phi) is 5.36. The van der Waals surface area contributed by atoms with Crippen LogP contribution in [0.15, 0.2) is 47.1 Å². The number of hydrogen-bond donors (Lipinski definition) is 1. The summed E-state index contributed by atoms with van der Waals surface area (Å²) >= 11 is 0. The highest BCUT2D eigenvalue weighted by Gasteiger charge is 2.15. The van der Waals surface area contributed by atoms with Crippen LogP contribution in [0.1, 0.15) is 30.5 Å². The number of carbonyl (C=O) groups excluding carboxylic acids is 1. The molecule has 4 nitrogen and oxygen atoms in total. The first-order valence-electron chi connectivity index (χ1n) is 9.08. The Balaban J connectivity index is 2.16. The van der Waals surface area contributed by atoms with Crippen molar-refractivity contribution in [1.82, 2.24) is 5.32 Å². The summed E-state index contributed by atoms with van der Waals surface area (Å²) in [6.45, 7) is 8.59. The van der Waals surface area contributed by atoms with Crippen molar-refractivity contribution >= 4 is 22.4 Å². The maximum atomic E-state index is 12.0. The summed E-state index contributed by atoms with van der Waals surface area (Å²) in [7, 11) is 1.62. The van der Waals surface area contributed by atoms with E-state index in [2.05, 4.69) is 37.4 Å². The highest BCUT2D eigenvalue weighted by Crippen LogP contribution is 2.38. The van der Waals surface area contributed by atoms with Gasteiger partial charge in [-0.15, -0.1) is 0 Å². The molecule has 0 saturated carbocycles. The summed E-state index contributed by atoms with van der Waals surface area (Å²) in [5.41, 5.74) is 7.09. The molecule has 27 heavy (non-hydrogen) atoms. The summed E-state index contributed by atoms with van der Waals surface area (Å²) < 4.78 is 11.3. The number of carbonyl (C=O) groups is 1. The lowest BCUT2D eigenvalue weighted by Gasteiger charge is -2.11. The van der Waals surface area contributed by atoms with Gasteiger partial charge in [-0.3, -0.25) is 4.79 Å². The van der Waals surface area contributed by atoms with Crippen LogP contribution in [0.2, 0.25) is 0 Å². The number of methoxy groups -OCH3 is 1. The molecule has 0 fully saturated rings. The van der Waals surface area contributed by atoms with Gasteiger partial charge in [-0.05, 0) is 50.5 Å². The number of aryl methyl sites for hydroxylation is 2. The molecule has 0 aliphatic carbocycles. The van der Waals surface area contributed by atoms with Crippen molar-refractivity contribution in [2.75, 3.05) is 13.7 Å². The van der Waals surface area contributed by atoms with E-state index in [0.29, 0.717) is 12.3 Å². The number of furan rings is 1. The normalized spacial score (nSPS) is 11.7. The van der Waals surface area contributed by atoms with Crippen LogP contribution in [-0.2, 0) is 4.79 Å². The Morgan fingerprint density at radius 2 is 1.96 bits per heavy atom. The van der Waals surface area contributed by atoms with Gasteiger partial charge in [0.05, 0.1) is 13.4 Å². The van der Waals surface area contributed by atoms with Gasteiger partial charge in [0.15, 0.2) is 0 Å². The fraction of sp³-hybridized carbons (Fsp3) is 0.261. The minimum Gasteiger partial charge on any atom is -0.496 e. The Hall–Kier alpha value is -3.01. The van der Waals surface area contributed by atoms with E-state index in [4.69, 9.17) is 9.15 Å². The Bertz CT molecular complexity index is 1030. The summed E-state index contributed by atoms with van der Waals surface area (Å²) in [5.74, 6) is 0.570. The van der Waals surface area contributed by atoms with E-state index in [0.717, 1.165) is 33.2 Å². The minimum atomic E-state index is -0.112. The zero-order chi connectivity index (χ0) is 19.6. The molecule has 0 spiro atoms. The highest BCUT2D eigenvalue weighted by molar-refractivity contribution is 6.00. The predicted molar refractivity (Wildman–Crippen MR) is 110 cm³/mol. The molecule has 1 heterocycles. The molecule has 0 saturated heterocycles. The first kappa shape index (κ1) is 18.8. The molecule has 1 amide bonds. The summed E-state index contributed by atoms with van der Waals surface area (Å²) in [4.78, 5) is 12.0. The highest BCUT2D eigenvalue weighted by atomic mass is 16.5. The van der Waals surface area contributed by atoms with Gasteiger partial charge < -0.3 is 14.5 Å². The van der Waals surface area contributed by atoms with Crippen LogP contribution in [0, 0.1) is 13.8 Å². The molecule has 2 aromatic carbocycles. The quantitative estimate of drug-likeness (QED) is 0.629. The molecular formula is C23H25NO3. The van der Waals surface area contributed by atoms with Crippen molar-refractivity contribution in [2.45, 2.75) is 27.7 Å². The fourth-order valence-corrected chi connectivity index (χ4v) is 3.36. The Labute approximate surface area is 159 Å². The average Bonchev–Trinajstić information content (AvgIpc) is 3.03. The zero-order valence-corrected chi connectivity index (χ0v) is 16.5. The molecule has 0 radical (unpaired) electrons. The number of hydrogen-bond acceptors (Lipinski definition) is 3. The molecule has 0 unspecified atom stereocenters. The number of rotatable bonds is 5. The number of nitrogens with one attached hydrogen (secondary N) is 1. The van der Waals surface area contributed by atoms with Gasteiger partial charge in [-0.1, -0.05) is 23.8 Å². The molecule has 1 N–H and O–H groups in total. The molecule has 4 heteroatoms. The maximum Gasteiger partial charge on any atom is 0.244 e. The smallest absolute Gasteiger partial charge is 0.244 e. The third-order valence-corrected chi connectivity index (χ3v) is 4.69. The molecule has 0 aliphatic rings. The number of likely N-dealkylation sites (N-methyl/N-ethyl adjacent to an activating group) is 1. The molecule has 1 aromatic heterocycles. The third-order valence-electron chi connectivity index (χ3n) is 4.69. The number of allylic oxidation sites excluding steroid dienone is 1. The van der Waals surface area contributed by atoms with Crippen LogP contribution in [0.3, 0.4) is 0 Å². The average molecular weight is 363 g/mol. The second-order valence-corrected chi connectivity index (χ2v) is 6.74. The van der Waals surface area contributed by atoms with E-state index in [9.17, 15) is 4.79 Å². The number of amides is 1. The lowest BCUT2D eigenvalue weighted by atomic mass is 9.96. The van der Waals surface area contributed by atoms with Crippen molar-refractivity contribution in [2.24, 2.45) is 0 Å². The standard InChI is InChI=1S/C23H25NO3/c1-6-24-23(25)10-16(4)18-11-19-20(13-27-22(19)12-21(18)26-5)17-8-7-14(2)9-15(17)3/h7-13H,6H2,1-5H3,(H,24,25)/b16-10+. The van der Waals surface area contributed by atoms with Crippen LogP contribution in [-0.4, -0.2) is 19.6 Å². The zero-order valence-electron chi connectivity index (χ0n) is 16.5. The van der Waals surface area contributed by atoms with Crippen LogP contribution < -0.4 is 10.1 Å². The second kappa shape index (κ2) is 7.70. The lowest BCUT2D eigenvalue weighted by Crippen LogP contribution is -2.20. The fourth-order valence-electron chi connectivity index (χ4n) is 3.36. The lowest BCUT2D eigenvalue weighted by molar-refractivity contribution is -0.116. The number of ether oxygens (including phenoxy) is 1. The Morgan fingerprint density at radius 3 is 2.63 bits per heavy atom. The maximum absolute atomic E-state index is 12.0.